The van der Waals surface area contributed by atoms with Crippen LogP contribution in [0.1, 0.15) is 18.9 Å². The number of aromatic nitrogens is 2. The van der Waals surface area contributed by atoms with E-state index in [4.69, 9.17) is 14.6 Å². The Labute approximate surface area is 214 Å². The van der Waals surface area contributed by atoms with Crippen LogP contribution in [0, 0.1) is 0 Å². The minimum absolute atomic E-state index is 0.461. The molecule has 0 aliphatic heterocycles. The molecule has 0 spiro atoms. The lowest BCUT2D eigenvalue weighted by Crippen LogP contribution is -2.32. The Morgan fingerprint density at radius 2 is 1.65 bits per heavy atom. The first-order chi connectivity index (χ1) is 18.1. The summed E-state index contributed by atoms with van der Waals surface area (Å²) in [4.78, 5) is 24.5. The number of hydrogen-bond acceptors (Lipinski definition) is 6. The lowest BCUT2D eigenvalue weighted by Gasteiger charge is -2.06. The van der Waals surface area contributed by atoms with E-state index in [0.29, 0.717) is 29.3 Å². The first-order valence-electron chi connectivity index (χ1n) is 11.7. The largest absolute Gasteiger partial charge is 0.497 e. The minimum Gasteiger partial charge on any atom is -0.497 e. The number of anilines is 1. The van der Waals surface area contributed by atoms with Crippen molar-refractivity contribution in [3.63, 3.8) is 0 Å². The molecule has 4 aromatic rings. The van der Waals surface area contributed by atoms with Crippen molar-refractivity contribution in [3.05, 3.63) is 90.6 Å². The van der Waals surface area contributed by atoms with Crippen LogP contribution in [-0.2, 0) is 9.59 Å². The van der Waals surface area contributed by atoms with Gasteiger partial charge < -0.3 is 14.8 Å². The number of carbonyl (C=O) groups excluding carboxylic acids is 2. The maximum Gasteiger partial charge on any atom is 0.329 e. The summed E-state index contributed by atoms with van der Waals surface area (Å²) >= 11 is 0. The smallest absolute Gasteiger partial charge is 0.329 e. The Bertz CT molecular complexity index is 1360. The number of methoxy groups -OCH3 is 1. The van der Waals surface area contributed by atoms with Crippen LogP contribution in [0.5, 0.6) is 11.5 Å². The molecule has 0 aliphatic carbocycles. The van der Waals surface area contributed by atoms with Gasteiger partial charge in [0, 0.05) is 23.0 Å². The van der Waals surface area contributed by atoms with E-state index in [0.717, 1.165) is 23.4 Å². The quantitative estimate of drug-likeness (QED) is 0.202. The fourth-order valence-corrected chi connectivity index (χ4v) is 3.42. The van der Waals surface area contributed by atoms with Crippen LogP contribution >= 0.6 is 0 Å². The lowest BCUT2D eigenvalue weighted by molar-refractivity contribution is -0.136. The second-order valence-corrected chi connectivity index (χ2v) is 7.97. The molecule has 0 fully saturated rings. The van der Waals surface area contributed by atoms with Gasteiger partial charge in [-0.15, -0.1) is 0 Å². The number of rotatable bonds is 9. The van der Waals surface area contributed by atoms with Gasteiger partial charge >= 0.3 is 11.8 Å². The summed E-state index contributed by atoms with van der Waals surface area (Å²) in [5, 5.41) is 11.2. The number of ether oxygens (including phenoxy) is 2. The van der Waals surface area contributed by atoms with Crippen molar-refractivity contribution in [3.8, 4) is 28.4 Å². The maximum absolute atomic E-state index is 12.3. The molecule has 0 radical (unpaired) electrons. The first kappa shape index (κ1) is 25.2. The predicted molar refractivity (Wildman–Crippen MR) is 142 cm³/mol. The number of carbonyl (C=O) groups is 2. The summed E-state index contributed by atoms with van der Waals surface area (Å²) in [5.74, 6) is -0.327. The summed E-state index contributed by atoms with van der Waals surface area (Å²) in [5.41, 5.74) is 5.76. The van der Waals surface area contributed by atoms with Crippen molar-refractivity contribution in [2.45, 2.75) is 13.3 Å². The predicted octanol–water partition coefficient (Wildman–Crippen LogP) is 4.43. The highest BCUT2D eigenvalue weighted by Crippen LogP contribution is 2.25. The highest BCUT2D eigenvalue weighted by molar-refractivity contribution is 6.39. The molecule has 1 heterocycles. The van der Waals surface area contributed by atoms with Gasteiger partial charge in [-0.1, -0.05) is 25.1 Å². The number of hydrogen-bond donors (Lipinski definition) is 2. The molecule has 3 aromatic carbocycles. The van der Waals surface area contributed by atoms with Crippen LogP contribution in [-0.4, -0.2) is 41.5 Å². The van der Waals surface area contributed by atoms with Crippen LogP contribution < -0.4 is 20.2 Å². The molecule has 2 N–H and O–H groups in total. The molecule has 4 rings (SSSR count). The van der Waals surface area contributed by atoms with Crippen molar-refractivity contribution < 1.29 is 19.1 Å². The normalized spacial score (nSPS) is 10.8. The highest BCUT2D eigenvalue weighted by atomic mass is 16.5. The molecular weight excluding hydrogens is 470 g/mol. The van der Waals surface area contributed by atoms with Gasteiger partial charge in [-0.3, -0.25) is 9.59 Å². The van der Waals surface area contributed by atoms with E-state index in [1.807, 2.05) is 54.6 Å². The number of amides is 2. The molecule has 0 saturated carbocycles. The SMILES string of the molecule is CCCOc1ccc(-c2nn(-c3ccccc3)cc2/C=N/NC(=O)C(=O)Nc2ccc(OC)cc2)cc1. The van der Waals surface area contributed by atoms with E-state index in [2.05, 4.69) is 22.8 Å². The van der Waals surface area contributed by atoms with Crippen LogP contribution in [0.4, 0.5) is 5.69 Å². The summed E-state index contributed by atoms with van der Waals surface area (Å²) in [7, 11) is 1.55. The molecule has 9 nitrogen and oxygen atoms in total. The summed E-state index contributed by atoms with van der Waals surface area (Å²) in [6.07, 6.45) is 4.19. The van der Waals surface area contributed by atoms with Crippen molar-refractivity contribution >= 4 is 23.7 Å². The van der Waals surface area contributed by atoms with Gasteiger partial charge in [0.15, 0.2) is 0 Å². The molecule has 0 saturated heterocycles. The van der Waals surface area contributed by atoms with E-state index in [1.54, 1.807) is 42.3 Å². The number of para-hydroxylation sites is 1. The molecular formula is C28H27N5O4. The molecule has 0 unspecified atom stereocenters. The van der Waals surface area contributed by atoms with Crippen LogP contribution in [0.15, 0.2) is 90.2 Å². The third kappa shape index (κ3) is 6.61. The third-order valence-corrected chi connectivity index (χ3v) is 5.29. The third-order valence-electron chi connectivity index (χ3n) is 5.29. The van der Waals surface area contributed by atoms with E-state index in [1.165, 1.54) is 6.21 Å². The second kappa shape index (κ2) is 12.2. The van der Waals surface area contributed by atoms with Gasteiger partial charge in [0.05, 0.1) is 25.6 Å². The summed E-state index contributed by atoms with van der Waals surface area (Å²) in [6.45, 7) is 2.70. The fraction of sp³-hybridized carbons (Fsp3) is 0.143. The van der Waals surface area contributed by atoms with Crippen molar-refractivity contribution in [2.75, 3.05) is 19.0 Å². The molecule has 0 aliphatic rings. The molecule has 1 aromatic heterocycles. The Hall–Kier alpha value is -4.92. The Balaban J connectivity index is 1.50. The van der Waals surface area contributed by atoms with E-state index < -0.39 is 11.8 Å². The number of benzene rings is 3. The number of nitrogens with zero attached hydrogens (tertiary/aromatic N) is 3. The molecule has 188 valence electrons. The topological polar surface area (TPSA) is 107 Å². The van der Waals surface area contributed by atoms with Crippen LogP contribution in [0.2, 0.25) is 0 Å². The van der Waals surface area contributed by atoms with Gasteiger partial charge in [0.2, 0.25) is 0 Å². The maximum atomic E-state index is 12.3. The average Bonchev–Trinajstić information content (AvgIpc) is 3.37. The Morgan fingerprint density at radius 1 is 0.946 bits per heavy atom. The Kier molecular flexibility index (Phi) is 8.28. The van der Waals surface area contributed by atoms with Gasteiger partial charge in [0.1, 0.15) is 17.2 Å². The van der Waals surface area contributed by atoms with Crippen LogP contribution in [0.3, 0.4) is 0 Å². The molecule has 0 bridgehead atoms. The van der Waals surface area contributed by atoms with Crippen molar-refractivity contribution in [2.24, 2.45) is 5.10 Å². The fourth-order valence-electron chi connectivity index (χ4n) is 3.42. The van der Waals surface area contributed by atoms with Crippen molar-refractivity contribution in [1.82, 2.24) is 15.2 Å². The van der Waals surface area contributed by atoms with E-state index in [-0.39, 0.29) is 0 Å². The van der Waals surface area contributed by atoms with E-state index >= 15 is 0 Å². The molecule has 0 atom stereocenters. The second-order valence-electron chi connectivity index (χ2n) is 7.97. The van der Waals surface area contributed by atoms with Gasteiger partial charge in [-0.2, -0.15) is 10.2 Å². The van der Waals surface area contributed by atoms with Crippen LogP contribution in [0.25, 0.3) is 16.9 Å². The average molecular weight is 498 g/mol. The van der Waals surface area contributed by atoms with Crippen molar-refractivity contribution in [1.29, 1.82) is 0 Å². The molecule has 2 amide bonds. The molecule has 37 heavy (non-hydrogen) atoms. The van der Waals surface area contributed by atoms with Gasteiger partial charge in [-0.25, -0.2) is 10.1 Å². The van der Waals surface area contributed by atoms with Gasteiger partial charge in [-0.05, 0) is 67.1 Å². The zero-order valence-corrected chi connectivity index (χ0v) is 20.5. The minimum atomic E-state index is -0.901. The zero-order chi connectivity index (χ0) is 26.0. The summed E-state index contributed by atoms with van der Waals surface area (Å²) in [6, 6.07) is 23.9. The van der Waals surface area contributed by atoms with E-state index in [9.17, 15) is 9.59 Å². The zero-order valence-electron chi connectivity index (χ0n) is 20.5. The standard InChI is InChI=1S/C28H27N5O4/c1-3-17-37-25-13-9-20(10-14-25)26-21(19-33(32-26)23-7-5-4-6-8-23)18-29-31-28(35)27(34)30-22-11-15-24(36-2)16-12-22/h4-16,18-19H,3,17H2,1-2H3,(H,30,34)(H,31,35)/b29-18+. The van der Waals surface area contributed by atoms with Gasteiger partial charge in [0.25, 0.3) is 0 Å². The highest BCUT2D eigenvalue weighted by Gasteiger charge is 2.14. The monoisotopic (exact) mass is 497 g/mol. The summed E-state index contributed by atoms with van der Waals surface area (Å²) < 4.78 is 12.5. The lowest BCUT2D eigenvalue weighted by atomic mass is 10.1. The first-order valence-corrected chi connectivity index (χ1v) is 11.7. The Morgan fingerprint density at radius 3 is 2.32 bits per heavy atom. The number of nitrogens with one attached hydrogen (secondary N) is 2. The molecule has 9 heteroatoms. The number of hydrazone groups is 1.